The van der Waals surface area contributed by atoms with E-state index in [-0.39, 0.29) is 19.6 Å². The van der Waals surface area contributed by atoms with Gasteiger partial charge in [0.05, 0.1) is 0 Å². The van der Waals surface area contributed by atoms with Gasteiger partial charge in [0.1, 0.15) is 6.61 Å². The highest BCUT2D eigenvalue weighted by Crippen LogP contribution is 2.09. The number of hydrogen-bond acceptors (Lipinski definition) is 4. The number of amides is 2. The van der Waals surface area contributed by atoms with Crippen molar-refractivity contribution in [3.8, 4) is 0 Å². The summed E-state index contributed by atoms with van der Waals surface area (Å²) in [5, 5.41) is 0. The Bertz CT molecular complexity index is 455. The van der Waals surface area contributed by atoms with Gasteiger partial charge in [-0.3, -0.25) is 9.59 Å². The zero-order valence-electron chi connectivity index (χ0n) is 9.09. The summed E-state index contributed by atoms with van der Waals surface area (Å²) in [7, 11) is 0. The highest BCUT2D eigenvalue weighted by atomic mass is 16.6. The van der Waals surface area contributed by atoms with Crippen molar-refractivity contribution in [1.29, 1.82) is 0 Å². The van der Waals surface area contributed by atoms with Crippen molar-refractivity contribution in [3.63, 3.8) is 0 Å². The summed E-state index contributed by atoms with van der Waals surface area (Å²) in [5.41, 5.74) is 0.832. The smallest absolute Gasteiger partial charge is 0.417 e. The molecule has 5 heteroatoms. The van der Waals surface area contributed by atoms with Crippen LogP contribution >= 0.6 is 0 Å². The average Bonchev–Trinajstić information content (AvgIpc) is 2.69. The number of ketones is 1. The minimum atomic E-state index is -0.775. The lowest BCUT2D eigenvalue weighted by atomic mass is 10.2. The second-order valence-corrected chi connectivity index (χ2v) is 3.67. The lowest BCUT2D eigenvalue weighted by Crippen LogP contribution is -2.34. The van der Waals surface area contributed by atoms with Gasteiger partial charge in [-0.2, -0.15) is 0 Å². The summed E-state index contributed by atoms with van der Waals surface area (Å²) in [6.45, 7) is 0.211. The molecule has 0 aromatic heterocycles. The van der Waals surface area contributed by atoms with Crippen molar-refractivity contribution in [2.75, 3.05) is 6.54 Å². The first-order valence-corrected chi connectivity index (χ1v) is 5.24. The van der Waals surface area contributed by atoms with Crippen LogP contribution in [0, 0.1) is 0 Å². The third-order valence-corrected chi connectivity index (χ3v) is 2.47. The number of rotatable bonds is 2. The Balaban J connectivity index is 1.90. The third kappa shape index (κ3) is 2.50. The fraction of sp³-hybridized carbons (Fsp3) is 0.250. The minimum Gasteiger partial charge on any atom is -0.444 e. The highest BCUT2D eigenvalue weighted by molar-refractivity contribution is 6.40. The molecule has 0 unspecified atom stereocenters. The van der Waals surface area contributed by atoms with Crippen molar-refractivity contribution in [2.45, 2.75) is 13.0 Å². The summed E-state index contributed by atoms with van der Waals surface area (Å²) in [6, 6.07) is 9.13. The quantitative estimate of drug-likeness (QED) is 0.718. The fourth-order valence-corrected chi connectivity index (χ4v) is 1.54. The first kappa shape index (κ1) is 11.3. The van der Waals surface area contributed by atoms with Gasteiger partial charge >= 0.3 is 6.09 Å². The van der Waals surface area contributed by atoms with Crippen LogP contribution in [-0.4, -0.2) is 29.2 Å². The van der Waals surface area contributed by atoms with Gasteiger partial charge in [-0.05, 0) is 5.56 Å². The van der Waals surface area contributed by atoms with Gasteiger partial charge in [-0.25, -0.2) is 9.69 Å². The second kappa shape index (κ2) is 4.78. The first-order valence-electron chi connectivity index (χ1n) is 5.24. The molecule has 0 radical (unpaired) electrons. The molecule has 0 N–H and O–H groups in total. The van der Waals surface area contributed by atoms with Gasteiger partial charge in [-0.1, -0.05) is 30.3 Å². The molecule has 1 aromatic rings. The van der Waals surface area contributed by atoms with E-state index in [4.69, 9.17) is 4.74 Å². The molecule has 0 atom stereocenters. The monoisotopic (exact) mass is 233 g/mol. The molecular weight excluding hydrogens is 222 g/mol. The zero-order chi connectivity index (χ0) is 12.3. The van der Waals surface area contributed by atoms with E-state index < -0.39 is 17.8 Å². The molecule has 1 heterocycles. The van der Waals surface area contributed by atoms with E-state index in [0.717, 1.165) is 10.5 Å². The second-order valence-electron chi connectivity index (χ2n) is 3.67. The summed E-state index contributed by atoms with van der Waals surface area (Å²) in [6.07, 6.45) is -0.677. The molecule has 1 aliphatic heterocycles. The number of carbonyl (C=O) groups excluding carboxylic acids is 3. The molecule has 0 aliphatic carbocycles. The predicted octanol–water partition coefficient (Wildman–Crippen LogP) is 1.12. The van der Waals surface area contributed by atoms with Gasteiger partial charge in [0.25, 0.3) is 5.91 Å². The molecule has 1 saturated heterocycles. The van der Waals surface area contributed by atoms with Crippen LogP contribution in [0.5, 0.6) is 0 Å². The standard InChI is InChI=1S/C12H11NO4/c14-10-6-7-13(11(10)15)12(16)17-8-9-4-2-1-3-5-9/h1-5H,6-8H2. The van der Waals surface area contributed by atoms with Crippen molar-refractivity contribution in [1.82, 2.24) is 4.90 Å². The van der Waals surface area contributed by atoms with Crippen molar-refractivity contribution in [3.05, 3.63) is 35.9 Å². The molecule has 2 rings (SSSR count). The molecule has 0 spiro atoms. The Morgan fingerprint density at radius 1 is 1.24 bits per heavy atom. The molecule has 17 heavy (non-hydrogen) atoms. The molecule has 88 valence electrons. The van der Waals surface area contributed by atoms with E-state index in [1.54, 1.807) is 0 Å². The van der Waals surface area contributed by atoms with Crippen LogP contribution < -0.4 is 0 Å². The van der Waals surface area contributed by atoms with Gasteiger partial charge in [0.15, 0.2) is 0 Å². The number of nitrogens with zero attached hydrogens (tertiary/aromatic N) is 1. The lowest BCUT2D eigenvalue weighted by molar-refractivity contribution is -0.139. The van der Waals surface area contributed by atoms with E-state index in [9.17, 15) is 14.4 Å². The number of Topliss-reactive ketones (excluding diaryl/α,β-unsaturated/α-hetero) is 1. The van der Waals surface area contributed by atoms with E-state index >= 15 is 0 Å². The van der Waals surface area contributed by atoms with Crippen LogP contribution in [0.15, 0.2) is 30.3 Å². The SMILES string of the molecule is O=C1CCN(C(=O)OCc2ccccc2)C1=O. The van der Waals surface area contributed by atoms with Crippen molar-refractivity contribution < 1.29 is 19.1 Å². The summed E-state index contributed by atoms with van der Waals surface area (Å²) in [4.78, 5) is 34.5. The number of ether oxygens (including phenoxy) is 1. The van der Waals surface area contributed by atoms with Crippen LogP contribution in [0.2, 0.25) is 0 Å². The van der Waals surface area contributed by atoms with E-state index in [0.29, 0.717) is 0 Å². The van der Waals surface area contributed by atoms with Gasteiger partial charge in [0.2, 0.25) is 5.78 Å². The molecule has 5 nitrogen and oxygen atoms in total. The van der Waals surface area contributed by atoms with Gasteiger partial charge in [-0.15, -0.1) is 0 Å². The van der Waals surface area contributed by atoms with Crippen molar-refractivity contribution in [2.24, 2.45) is 0 Å². The largest absolute Gasteiger partial charge is 0.444 e. The average molecular weight is 233 g/mol. The van der Waals surface area contributed by atoms with Crippen LogP contribution in [0.4, 0.5) is 4.79 Å². The third-order valence-electron chi connectivity index (χ3n) is 2.47. The Morgan fingerprint density at radius 3 is 2.53 bits per heavy atom. The van der Waals surface area contributed by atoms with Gasteiger partial charge in [0, 0.05) is 13.0 Å². The Morgan fingerprint density at radius 2 is 1.94 bits per heavy atom. The number of likely N-dealkylation sites (tertiary alicyclic amines) is 1. The van der Waals surface area contributed by atoms with Gasteiger partial charge < -0.3 is 4.74 Å². The maximum absolute atomic E-state index is 11.5. The normalized spacial score (nSPS) is 15.2. The lowest BCUT2D eigenvalue weighted by Gasteiger charge is -2.12. The van der Waals surface area contributed by atoms with Crippen LogP contribution in [0.1, 0.15) is 12.0 Å². The van der Waals surface area contributed by atoms with E-state index in [1.165, 1.54) is 0 Å². The Labute approximate surface area is 98.0 Å². The molecule has 1 aromatic carbocycles. The molecule has 2 amide bonds. The summed E-state index contributed by atoms with van der Waals surface area (Å²) in [5.74, 6) is -1.32. The van der Waals surface area contributed by atoms with Crippen LogP contribution in [0.25, 0.3) is 0 Å². The van der Waals surface area contributed by atoms with Crippen LogP contribution in [-0.2, 0) is 20.9 Å². The number of imide groups is 1. The van der Waals surface area contributed by atoms with E-state index in [2.05, 4.69) is 0 Å². The van der Waals surface area contributed by atoms with E-state index in [1.807, 2.05) is 30.3 Å². The predicted molar refractivity (Wildman–Crippen MR) is 58.0 cm³/mol. The zero-order valence-corrected chi connectivity index (χ0v) is 9.09. The molecule has 0 saturated carbocycles. The summed E-state index contributed by atoms with van der Waals surface area (Å²) < 4.78 is 4.94. The molecule has 0 bridgehead atoms. The highest BCUT2D eigenvalue weighted by Gasteiger charge is 2.34. The number of hydrogen-bond donors (Lipinski definition) is 0. The molecule has 1 fully saturated rings. The topological polar surface area (TPSA) is 63.7 Å². The fourth-order valence-electron chi connectivity index (χ4n) is 1.54. The maximum Gasteiger partial charge on any atom is 0.417 e. The minimum absolute atomic E-state index is 0.0826. The Kier molecular flexibility index (Phi) is 3.18. The summed E-state index contributed by atoms with van der Waals surface area (Å²) >= 11 is 0. The molecule has 1 aliphatic rings. The maximum atomic E-state index is 11.5. The number of benzene rings is 1. The first-order chi connectivity index (χ1) is 8.18. The Hall–Kier alpha value is -2.17. The van der Waals surface area contributed by atoms with Crippen LogP contribution in [0.3, 0.4) is 0 Å². The number of carbonyl (C=O) groups is 3. The van der Waals surface area contributed by atoms with Crippen molar-refractivity contribution >= 4 is 17.8 Å². The molecular formula is C12H11NO4.